The average molecular weight is 432 g/mol. The van der Waals surface area contributed by atoms with Crippen LogP contribution < -0.4 is 0 Å². The molecular weight excluding hydrogens is 406 g/mol. The maximum atomic E-state index is 13.0. The summed E-state index contributed by atoms with van der Waals surface area (Å²) in [6.07, 6.45) is 2.43. The summed E-state index contributed by atoms with van der Waals surface area (Å²) in [4.78, 5) is 34.2. The van der Waals surface area contributed by atoms with Gasteiger partial charge in [-0.1, -0.05) is 18.7 Å². The smallest absolute Gasteiger partial charge is 0.338 e. The molecule has 0 radical (unpaired) electrons. The van der Waals surface area contributed by atoms with Crippen molar-refractivity contribution in [3.63, 3.8) is 0 Å². The number of hydrogen-bond acceptors (Lipinski definition) is 7. The number of methoxy groups -OCH3 is 1. The van der Waals surface area contributed by atoms with E-state index in [4.69, 9.17) is 4.74 Å². The van der Waals surface area contributed by atoms with Crippen LogP contribution in [0.25, 0.3) is 0 Å². The number of hydrogen-bond donors (Lipinski definition) is 0. The average Bonchev–Trinajstić information content (AvgIpc) is 3.37. The SMILES string of the molecule is COC(=O)C1=C(C)N=C2SC=C(CC(=O)N3CCC(C)CC3)N2[C@@H]1c1ccsc1. The largest absolute Gasteiger partial charge is 0.466 e. The first-order valence-corrected chi connectivity index (χ1v) is 11.6. The van der Waals surface area contributed by atoms with E-state index in [0.29, 0.717) is 23.6 Å². The first kappa shape index (κ1) is 20.2. The van der Waals surface area contributed by atoms with E-state index in [1.807, 2.05) is 39.0 Å². The summed E-state index contributed by atoms with van der Waals surface area (Å²) in [7, 11) is 1.39. The van der Waals surface area contributed by atoms with Gasteiger partial charge in [0.25, 0.3) is 0 Å². The summed E-state index contributed by atoms with van der Waals surface area (Å²) in [5, 5.41) is 6.84. The molecule has 154 valence electrons. The topological polar surface area (TPSA) is 62.2 Å². The van der Waals surface area contributed by atoms with Gasteiger partial charge < -0.3 is 14.5 Å². The summed E-state index contributed by atoms with van der Waals surface area (Å²) in [6.45, 7) is 5.72. The van der Waals surface area contributed by atoms with Crippen LogP contribution in [0.4, 0.5) is 0 Å². The number of nitrogens with zero attached hydrogens (tertiary/aromatic N) is 3. The molecule has 1 saturated heterocycles. The highest BCUT2D eigenvalue weighted by Crippen LogP contribution is 2.45. The minimum atomic E-state index is -0.380. The molecule has 4 rings (SSSR count). The third kappa shape index (κ3) is 3.88. The Morgan fingerprint density at radius 1 is 1.31 bits per heavy atom. The minimum Gasteiger partial charge on any atom is -0.466 e. The Kier molecular flexibility index (Phi) is 5.83. The number of thioether (sulfide) groups is 1. The number of carbonyl (C=O) groups is 2. The molecule has 1 aromatic heterocycles. The molecule has 3 aliphatic heterocycles. The van der Waals surface area contributed by atoms with Gasteiger partial charge in [0.05, 0.1) is 30.8 Å². The highest BCUT2D eigenvalue weighted by molar-refractivity contribution is 8.16. The lowest BCUT2D eigenvalue weighted by atomic mass is 9.95. The van der Waals surface area contributed by atoms with Crippen LogP contribution in [0.1, 0.15) is 44.7 Å². The Labute approximate surface area is 179 Å². The number of allylic oxidation sites excluding steroid dienone is 1. The quantitative estimate of drug-likeness (QED) is 0.671. The third-order valence-electron chi connectivity index (χ3n) is 5.73. The van der Waals surface area contributed by atoms with Crippen LogP contribution in [0.15, 0.2) is 44.2 Å². The van der Waals surface area contributed by atoms with Gasteiger partial charge in [-0.3, -0.25) is 4.79 Å². The Bertz CT molecular complexity index is 896. The van der Waals surface area contributed by atoms with E-state index in [-0.39, 0.29) is 17.9 Å². The van der Waals surface area contributed by atoms with Gasteiger partial charge in [-0.05, 0) is 53.5 Å². The Hall–Kier alpha value is -2.06. The van der Waals surface area contributed by atoms with Gasteiger partial charge in [0.1, 0.15) is 0 Å². The van der Waals surface area contributed by atoms with E-state index in [9.17, 15) is 9.59 Å². The zero-order valence-electron chi connectivity index (χ0n) is 16.9. The fraction of sp³-hybridized carbons (Fsp3) is 0.476. The number of fused-ring (bicyclic) bond motifs is 1. The highest BCUT2D eigenvalue weighted by atomic mass is 32.2. The molecule has 0 aromatic carbocycles. The van der Waals surface area contributed by atoms with Gasteiger partial charge in [0.15, 0.2) is 5.17 Å². The van der Waals surface area contributed by atoms with E-state index in [0.717, 1.165) is 42.4 Å². The number of amides is 1. The molecule has 1 fully saturated rings. The molecule has 4 heterocycles. The zero-order valence-corrected chi connectivity index (χ0v) is 18.5. The predicted octanol–water partition coefficient (Wildman–Crippen LogP) is 4.14. The molecule has 0 bridgehead atoms. The van der Waals surface area contributed by atoms with E-state index in [2.05, 4.69) is 11.9 Å². The van der Waals surface area contributed by atoms with Crippen molar-refractivity contribution in [2.24, 2.45) is 10.9 Å². The zero-order chi connectivity index (χ0) is 20.5. The Morgan fingerprint density at radius 3 is 2.72 bits per heavy atom. The first-order valence-electron chi connectivity index (χ1n) is 9.82. The minimum absolute atomic E-state index is 0.139. The summed E-state index contributed by atoms with van der Waals surface area (Å²) in [5.41, 5.74) is 3.09. The molecule has 0 saturated carbocycles. The maximum Gasteiger partial charge on any atom is 0.338 e. The van der Waals surface area contributed by atoms with Crippen LogP contribution in [-0.4, -0.2) is 47.0 Å². The number of amidine groups is 1. The molecular formula is C21H25N3O3S2. The number of esters is 1. The normalized spacial score (nSPS) is 22.4. The molecule has 0 N–H and O–H groups in total. The van der Waals surface area contributed by atoms with Crippen LogP contribution in [0.5, 0.6) is 0 Å². The number of likely N-dealkylation sites (tertiary alicyclic amines) is 1. The van der Waals surface area contributed by atoms with Crippen LogP contribution in [0.2, 0.25) is 0 Å². The van der Waals surface area contributed by atoms with Crippen molar-refractivity contribution in [3.8, 4) is 0 Å². The van der Waals surface area contributed by atoms with E-state index in [1.165, 1.54) is 18.9 Å². The predicted molar refractivity (Wildman–Crippen MR) is 116 cm³/mol. The fourth-order valence-electron chi connectivity index (χ4n) is 4.01. The Morgan fingerprint density at radius 2 is 2.07 bits per heavy atom. The molecule has 0 aliphatic carbocycles. The lowest BCUT2D eigenvalue weighted by molar-refractivity contribution is -0.136. The van der Waals surface area contributed by atoms with Crippen molar-refractivity contribution in [1.29, 1.82) is 0 Å². The highest BCUT2D eigenvalue weighted by Gasteiger charge is 2.41. The van der Waals surface area contributed by atoms with Crippen LogP contribution >= 0.6 is 23.1 Å². The third-order valence-corrected chi connectivity index (χ3v) is 7.32. The standard InChI is InChI=1S/C21H25N3O3S2/c1-13-4-7-23(8-5-13)17(25)10-16-12-29-21-22-14(2)18(20(26)27-3)19(24(16)21)15-6-9-28-11-15/h6,9,11-13,19H,4-5,7-8,10H2,1-3H3/t19-/m1/s1. The lowest BCUT2D eigenvalue weighted by Gasteiger charge is -2.36. The van der Waals surface area contributed by atoms with Crippen molar-refractivity contribution in [2.45, 2.75) is 39.2 Å². The summed E-state index contributed by atoms with van der Waals surface area (Å²) < 4.78 is 5.07. The van der Waals surface area contributed by atoms with Gasteiger partial charge in [0, 0.05) is 18.8 Å². The molecule has 0 unspecified atom stereocenters. The van der Waals surface area contributed by atoms with Gasteiger partial charge >= 0.3 is 5.97 Å². The number of piperidine rings is 1. The van der Waals surface area contributed by atoms with E-state index in [1.54, 1.807) is 11.3 Å². The van der Waals surface area contributed by atoms with Gasteiger partial charge in [0.2, 0.25) is 5.91 Å². The monoisotopic (exact) mass is 431 g/mol. The number of aliphatic imine (C=N–C) groups is 1. The van der Waals surface area contributed by atoms with Gasteiger partial charge in [-0.25, -0.2) is 9.79 Å². The van der Waals surface area contributed by atoms with Crippen LogP contribution in [0, 0.1) is 5.92 Å². The van der Waals surface area contributed by atoms with Crippen molar-refractivity contribution in [1.82, 2.24) is 9.80 Å². The number of thiophene rings is 1. The van der Waals surface area contributed by atoms with Crippen LogP contribution in [-0.2, 0) is 14.3 Å². The second kappa shape index (κ2) is 8.36. The van der Waals surface area contributed by atoms with Crippen molar-refractivity contribution < 1.29 is 14.3 Å². The van der Waals surface area contributed by atoms with Gasteiger partial charge in [-0.15, -0.1) is 0 Å². The second-order valence-corrected chi connectivity index (χ2v) is 9.30. The molecule has 0 spiro atoms. The number of ether oxygens (including phenoxy) is 1. The first-order chi connectivity index (χ1) is 14.0. The Balaban J connectivity index is 1.62. The number of carbonyl (C=O) groups excluding carboxylic acids is 2. The summed E-state index contributed by atoms with van der Waals surface area (Å²) in [6, 6.07) is 1.69. The second-order valence-electron chi connectivity index (χ2n) is 7.68. The fourth-order valence-corrected chi connectivity index (χ4v) is 5.65. The van der Waals surface area contributed by atoms with E-state index >= 15 is 0 Å². The molecule has 1 atom stereocenters. The molecule has 3 aliphatic rings. The molecule has 6 nitrogen and oxygen atoms in total. The lowest BCUT2D eigenvalue weighted by Crippen LogP contribution is -2.40. The van der Waals surface area contributed by atoms with E-state index < -0.39 is 0 Å². The maximum absolute atomic E-state index is 13.0. The van der Waals surface area contributed by atoms with Crippen molar-refractivity contribution in [2.75, 3.05) is 20.2 Å². The molecule has 1 aromatic rings. The molecule has 8 heteroatoms. The van der Waals surface area contributed by atoms with Crippen molar-refractivity contribution >= 4 is 40.1 Å². The number of rotatable bonds is 4. The van der Waals surface area contributed by atoms with Gasteiger partial charge in [-0.2, -0.15) is 11.3 Å². The molecule has 1 amide bonds. The van der Waals surface area contributed by atoms with Crippen LogP contribution in [0.3, 0.4) is 0 Å². The van der Waals surface area contributed by atoms with Crippen molar-refractivity contribution in [3.05, 3.63) is 44.8 Å². The summed E-state index contributed by atoms with van der Waals surface area (Å²) in [5.74, 6) is 0.439. The summed E-state index contributed by atoms with van der Waals surface area (Å²) >= 11 is 3.10. The molecule has 29 heavy (non-hydrogen) atoms.